The number of aliphatic hydroxyl groups excluding tert-OH is 1. The highest BCUT2D eigenvalue weighted by Gasteiger charge is 2.30. The van der Waals surface area contributed by atoms with Gasteiger partial charge in [-0.25, -0.2) is 9.13 Å². The molecule has 5 atom stereocenters. The predicted octanol–water partition coefficient (Wildman–Crippen LogP) is 25.9. The van der Waals surface area contributed by atoms with E-state index in [-0.39, 0.29) is 25.7 Å². The predicted molar refractivity (Wildman–Crippen MR) is 432 cm³/mol. The van der Waals surface area contributed by atoms with E-state index in [0.717, 1.165) is 114 Å². The minimum Gasteiger partial charge on any atom is -0.462 e. The summed E-state index contributed by atoms with van der Waals surface area (Å²) in [6.45, 7) is 14.3. The van der Waals surface area contributed by atoms with Gasteiger partial charge in [-0.1, -0.05) is 396 Å². The van der Waals surface area contributed by atoms with E-state index in [9.17, 15) is 43.2 Å². The second-order valence-electron chi connectivity index (χ2n) is 32.8. The van der Waals surface area contributed by atoms with E-state index >= 15 is 0 Å². The number of rotatable bonds is 83. The lowest BCUT2D eigenvalue weighted by molar-refractivity contribution is -0.161. The molecule has 17 nitrogen and oxygen atoms in total. The van der Waals surface area contributed by atoms with E-state index in [1.54, 1.807) is 0 Å². The number of unbranched alkanes of at least 4 members (excludes halogenated alkanes) is 49. The normalized spacial score (nSPS) is 13.9. The number of hydrogen-bond acceptors (Lipinski definition) is 15. The summed E-state index contributed by atoms with van der Waals surface area (Å²) in [7, 11) is -9.93. The van der Waals surface area contributed by atoms with Gasteiger partial charge in [-0.3, -0.25) is 37.3 Å². The van der Waals surface area contributed by atoms with Crippen molar-refractivity contribution in [3.05, 3.63) is 0 Å². The summed E-state index contributed by atoms with van der Waals surface area (Å²) in [6.07, 6.45) is 64.1. The molecule has 0 rings (SSSR count). The summed E-state index contributed by atoms with van der Waals surface area (Å²) in [5.41, 5.74) is 0. The van der Waals surface area contributed by atoms with Gasteiger partial charge < -0.3 is 33.8 Å². The zero-order valence-electron chi connectivity index (χ0n) is 69.4. The van der Waals surface area contributed by atoms with Crippen LogP contribution in [-0.2, 0) is 65.4 Å². The molecular formula is C86H168O17P2. The number of hydrogen-bond donors (Lipinski definition) is 3. The van der Waals surface area contributed by atoms with Crippen molar-refractivity contribution in [2.24, 2.45) is 23.7 Å². The van der Waals surface area contributed by atoms with Crippen LogP contribution in [-0.4, -0.2) is 96.7 Å². The summed E-state index contributed by atoms with van der Waals surface area (Å²) < 4.78 is 68.8. The van der Waals surface area contributed by atoms with Gasteiger partial charge in [-0.15, -0.1) is 0 Å². The minimum atomic E-state index is -4.96. The van der Waals surface area contributed by atoms with E-state index in [2.05, 4.69) is 55.4 Å². The van der Waals surface area contributed by atoms with Crippen LogP contribution in [0.3, 0.4) is 0 Å². The number of phosphoric ester groups is 2. The summed E-state index contributed by atoms with van der Waals surface area (Å²) in [6, 6.07) is 0. The Balaban J connectivity index is 5.16. The summed E-state index contributed by atoms with van der Waals surface area (Å²) >= 11 is 0. The first-order valence-corrected chi connectivity index (χ1v) is 47.2. The van der Waals surface area contributed by atoms with E-state index in [4.69, 9.17) is 37.0 Å². The van der Waals surface area contributed by atoms with Crippen LogP contribution in [0.15, 0.2) is 0 Å². The lowest BCUT2D eigenvalue weighted by atomic mass is 10.0. The van der Waals surface area contributed by atoms with Crippen LogP contribution in [0.25, 0.3) is 0 Å². The molecule has 0 aliphatic carbocycles. The van der Waals surface area contributed by atoms with Crippen LogP contribution < -0.4 is 0 Å². The molecule has 0 fully saturated rings. The number of ether oxygens (including phenoxy) is 4. The molecule has 0 spiro atoms. The Morgan fingerprint density at radius 2 is 0.400 bits per heavy atom. The van der Waals surface area contributed by atoms with Crippen LogP contribution in [0, 0.1) is 23.7 Å². The molecule has 0 amide bonds. The van der Waals surface area contributed by atoms with Crippen molar-refractivity contribution < 1.29 is 80.2 Å². The molecule has 0 aliphatic rings. The van der Waals surface area contributed by atoms with E-state index in [1.807, 2.05) is 0 Å². The van der Waals surface area contributed by atoms with Crippen LogP contribution in [0.1, 0.15) is 447 Å². The Kier molecular flexibility index (Phi) is 73.4. The fourth-order valence-corrected chi connectivity index (χ4v) is 14.9. The first kappa shape index (κ1) is 103. The van der Waals surface area contributed by atoms with Crippen molar-refractivity contribution in [2.75, 3.05) is 39.6 Å². The largest absolute Gasteiger partial charge is 0.472 e. The molecule has 3 unspecified atom stereocenters. The smallest absolute Gasteiger partial charge is 0.462 e. The number of phosphoric acid groups is 2. The van der Waals surface area contributed by atoms with Gasteiger partial charge in [-0.2, -0.15) is 0 Å². The number of aliphatic hydroxyl groups is 1. The Morgan fingerprint density at radius 3 is 0.590 bits per heavy atom. The van der Waals surface area contributed by atoms with Gasteiger partial charge in [0.15, 0.2) is 12.2 Å². The quantitative estimate of drug-likeness (QED) is 0.0222. The molecule has 105 heavy (non-hydrogen) atoms. The maximum absolute atomic E-state index is 13.1. The Hall–Kier alpha value is -1.94. The SMILES string of the molecule is CC(C)CCCCCCCCCCCCCCCCCCCCC(=O)OC[C@H](COP(=O)(O)OCC(O)COP(=O)(O)OC[C@@H](COC(=O)CCCCCCCCCC(C)C)OC(=O)CCCCCCCCCCCCCCCCCCCCC(C)C)OC(=O)CCCCCCCCCCCCC(C)C. The van der Waals surface area contributed by atoms with Gasteiger partial charge in [0, 0.05) is 25.7 Å². The number of carbonyl (C=O) groups excluding carboxylic acids is 4. The molecule has 0 saturated carbocycles. The van der Waals surface area contributed by atoms with E-state index in [1.165, 1.54) is 244 Å². The monoisotopic (exact) mass is 1540 g/mol. The molecule has 0 aromatic rings. The minimum absolute atomic E-state index is 0.106. The van der Waals surface area contributed by atoms with E-state index in [0.29, 0.717) is 31.6 Å². The maximum atomic E-state index is 13.1. The van der Waals surface area contributed by atoms with Crippen LogP contribution in [0.2, 0.25) is 0 Å². The highest BCUT2D eigenvalue weighted by molar-refractivity contribution is 7.47. The molecule has 0 saturated heterocycles. The van der Waals surface area contributed by atoms with Crippen molar-refractivity contribution >= 4 is 39.5 Å². The third kappa shape index (κ3) is 79.9. The van der Waals surface area contributed by atoms with Crippen LogP contribution in [0.5, 0.6) is 0 Å². The molecule has 0 bridgehead atoms. The molecule has 0 radical (unpaired) electrons. The average Bonchev–Trinajstić information content (AvgIpc) is 0.908. The summed E-state index contributed by atoms with van der Waals surface area (Å²) in [5, 5.41) is 10.7. The van der Waals surface area contributed by atoms with Crippen molar-refractivity contribution in [3.63, 3.8) is 0 Å². The molecule has 0 aromatic heterocycles. The first-order chi connectivity index (χ1) is 50.6. The third-order valence-electron chi connectivity index (χ3n) is 20.1. The molecule has 624 valence electrons. The number of esters is 4. The second-order valence-corrected chi connectivity index (χ2v) is 35.7. The molecule has 19 heteroatoms. The first-order valence-electron chi connectivity index (χ1n) is 44.2. The van der Waals surface area contributed by atoms with Crippen molar-refractivity contribution in [3.8, 4) is 0 Å². The average molecular weight is 1540 g/mol. The molecule has 0 aromatic carbocycles. The third-order valence-corrected chi connectivity index (χ3v) is 22.0. The van der Waals surface area contributed by atoms with Gasteiger partial charge in [0.25, 0.3) is 0 Å². The second kappa shape index (κ2) is 74.8. The van der Waals surface area contributed by atoms with Gasteiger partial charge in [0.2, 0.25) is 0 Å². The summed E-state index contributed by atoms with van der Waals surface area (Å²) in [5.74, 6) is 0.990. The van der Waals surface area contributed by atoms with Gasteiger partial charge in [0.1, 0.15) is 19.3 Å². The Bertz CT molecular complexity index is 2040. The van der Waals surface area contributed by atoms with Gasteiger partial charge in [-0.05, 0) is 49.4 Å². The highest BCUT2D eigenvalue weighted by atomic mass is 31.2. The number of carbonyl (C=O) groups is 4. The highest BCUT2D eigenvalue weighted by Crippen LogP contribution is 2.45. The van der Waals surface area contributed by atoms with Crippen LogP contribution >= 0.6 is 15.6 Å². The van der Waals surface area contributed by atoms with Crippen molar-refractivity contribution in [2.45, 2.75) is 465 Å². The zero-order valence-corrected chi connectivity index (χ0v) is 71.2. The van der Waals surface area contributed by atoms with Crippen molar-refractivity contribution in [1.82, 2.24) is 0 Å². The van der Waals surface area contributed by atoms with Crippen molar-refractivity contribution in [1.29, 1.82) is 0 Å². The Morgan fingerprint density at radius 1 is 0.238 bits per heavy atom. The molecule has 0 heterocycles. The fraction of sp³-hybridized carbons (Fsp3) is 0.953. The molecular weight excluding hydrogens is 1370 g/mol. The standard InChI is InChI=1S/C86H168O17P2/c1-76(2)62-54-46-38-31-25-21-17-13-9-11-15-19-23-27-34-42-50-58-66-83(88)96-72-81(102-86(91)69-61-53-44-36-30-29-33-40-48-56-64-78(5)6)74-100-104(92,93)98-70-80(87)71-99-105(94,95)101-75-82(73-97-84(89)67-59-51-45-37-41-49-57-65-79(7)8)103-85(90)68-60-52-43-35-28-24-20-16-12-10-14-18-22-26-32-39-47-55-63-77(3)4/h76-82,87H,9-75H2,1-8H3,(H,92,93)(H,94,95)/t80?,81-,82-/m1/s1. The molecule has 3 N–H and O–H groups in total. The Labute approximate surface area is 645 Å². The topological polar surface area (TPSA) is 237 Å². The molecule has 0 aliphatic heterocycles. The maximum Gasteiger partial charge on any atom is 0.472 e. The van der Waals surface area contributed by atoms with E-state index < -0.39 is 97.5 Å². The van der Waals surface area contributed by atoms with Crippen LogP contribution in [0.4, 0.5) is 0 Å². The van der Waals surface area contributed by atoms with Gasteiger partial charge in [0.05, 0.1) is 26.4 Å². The zero-order chi connectivity index (χ0) is 77.4. The lowest BCUT2D eigenvalue weighted by Crippen LogP contribution is -2.30. The fourth-order valence-electron chi connectivity index (χ4n) is 13.3. The lowest BCUT2D eigenvalue weighted by Gasteiger charge is -2.21. The summed E-state index contributed by atoms with van der Waals surface area (Å²) in [4.78, 5) is 73.2. The van der Waals surface area contributed by atoms with Gasteiger partial charge >= 0.3 is 39.5 Å².